The number of aryl methyl sites for hydroxylation is 1. The summed E-state index contributed by atoms with van der Waals surface area (Å²) in [6.07, 6.45) is 1.60. The van der Waals surface area contributed by atoms with Gasteiger partial charge in [0.15, 0.2) is 0 Å². The molecule has 0 unspecified atom stereocenters. The van der Waals surface area contributed by atoms with Gasteiger partial charge in [-0.1, -0.05) is 17.7 Å². The molecule has 0 saturated heterocycles. The van der Waals surface area contributed by atoms with E-state index in [1.165, 1.54) is 6.92 Å². The Kier molecular flexibility index (Phi) is 5.47. The molecule has 0 aliphatic carbocycles. The van der Waals surface area contributed by atoms with Crippen LogP contribution in [0.5, 0.6) is 0 Å². The van der Waals surface area contributed by atoms with Crippen LogP contribution in [0.1, 0.15) is 23.0 Å². The third kappa shape index (κ3) is 5.15. The lowest BCUT2D eigenvalue weighted by Gasteiger charge is -2.09. The van der Waals surface area contributed by atoms with Gasteiger partial charge in [0.1, 0.15) is 5.69 Å². The summed E-state index contributed by atoms with van der Waals surface area (Å²) in [5.74, 6) is -0.371. The van der Waals surface area contributed by atoms with Crippen molar-refractivity contribution in [1.82, 2.24) is 4.98 Å². The summed E-state index contributed by atoms with van der Waals surface area (Å²) in [5.41, 5.74) is 4.54. The maximum atomic E-state index is 12.3. The van der Waals surface area contributed by atoms with Gasteiger partial charge < -0.3 is 16.0 Å². The number of amides is 2. The average molecular weight is 360 g/mol. The summed E-state index contributed by atoms with van der Waals surface area (Å²) in [7, 11) is 0. The Morgan fingerprint density at radius 2 is 1.30 bits per heavy atom. The van der Waals surface area contributed by atoms with Crippen LogP contribution in [0.25, 0.3) is 0 Å². The van der Waals surface area contributed by atoms with E-state index in [1.807, 2.05) is 43.3 Å². The fourth-order valence-corrected chi connectivity index (χ4v) is 2.44. The summed E-state index contributed by atoms with van der Waals surface area (Å²) in [6, 6.07) is 18.4. The molecule has 0 atom stereocenters. The van der Waals surface area contributed by atoms with E-state index in [9.17, 15) is 9.59 Å². The normalized spacial score (nSPS) is 10.1. The third-order valence-corrected chi connectivity index (χ3v) is 3.80. The van der Waals surface area contributed by atoms with Crippen molar-refractivity contribution in [2.45, 2.75) is 13.8 Å². The molecule has 0 radical (unpaired) electrons. The Morgan fingerprint density at radius 3 is 1.89 bits per heavy atom. The quantitative estimate of drug-likeness (QED) is 0.632. The maximum absolute atomic E-state index is 12.3. The standard InChI is InChI=1S/C21H20N4O2/c1-14-3-5-18(6-4-14)25-21(27)20-12-11-19(13-22-20)24-17-9-7-16(8-10-17)23-15(2)26/h3-13,24H,1-2H3,(H,23,26)(H,25,27). The Labute approximate surface area is 157 Å². The van der Waals surface area contributed by atoms with E-state index in [4.69, 9.17) is 0 Å². The lowest BCUT2D eigenvalue weighted by molar-refractivity contribution is -0.114. The van der Waals surface area contributed by atoms with Crippen LogP contribution in [0.4, 0.5) is 22.7 Å². The van der Waals surface area contributed by atoms with E-state index in [0.29, 0.717) is 5.69 Å². The summed E-state index contributed by atoms with van der Waals surface area (Å²) in [4.78, 5) is 27.5. The van der Waals surface area contributed by atoms with Gasteiger partial charge in [0.25, 0.3) is 5.91 Å². The van der Waals surface area contributed by atoms with E-state index in [0.717, 1.165) is 28.3 Å². The van der Waals surface area contributed by atoms with Gasteiger partial charge in [0.2, 0.25) is 5.91 Å². The van der Waals surface area contributed by atoms with Crippen molar-refractivity contribution in [3.05, 3.63) is 78.1 Å². The molecule has 0 aliphatic heterocycles. The Bertz CT molecular complexity index is 933. The first kappa shape index (κ1) is 18.1. The highest BCUT2D eigenvalue weighted by atomic mass is 16.2. The fourth-order valence-electron chi connectivity index (χ4n) is 2.44. The van der Waals surface area contributed by atoms with Gasteiger partial charge in [-0.25, -0.2) is 4.98 Å². The first-order valence-corrected chi connectivity index (χ1v) is 8.48. The molecular formula is C21H20N4O2. The number of benzene rings is 2. The van der Waals surface area contributed by atoms with Crippen molar-refractivity contribution in [3.63, 3.8) is 0 Å². The number of aromatic nitrogens is 1. The predicted molar refractivity (Wildman–Crippen MR) is 107 cm³/mol. The number of carbonyl (C=O) groups is 2. The van der Waals surface area contributed by atoms with Crippen molar-refractivity contribution < 1.29 is 9.59 Å². The monoisotopic (exact) mass is 360 g/mol. The molecule has 0 spiro atoms. The number of pyridine rings is 1. The van der Waals surface area contributed by atoms with Crippen LogP contribution < -0.4 is 16.0 Å². The highest BCUT2D eigenvalue weighted by Gasteiger charge is 2.08. The summed E-state index contributed by atoms with van der Waals surface area (Å²) >= 11 is 0. The molecule has 0 aliphatic rings. The highest BCUT2D eigenvalue weighted by molar-refractivity contribution is 6.03. The van der Waals surface area contributed by atoms with Crippen molar-refractivity contribution in [2.24, 2.45) is 0 Å². The molecule has 3 aromatic rings. The lowest BCUT2D eigenvalue weighted by atomic mass is 10.2. The van der Waals surface area contributed by atoms with Crippen LogP contribution in [-0.4, -0.2) is 16.8 Å². The van der Waals surface area contributed by atoms with E-state index < -0.39 is 0 Å². The minimum Gasteiger partial charge on any atom is -0.354 e. The largest absolute Gasteiger partial charge is 0.354 e. The Morgan fingerprint density at radius 1 is 0.741 bits per heavy atom. The maximum Gasteiger partial charge on any atom is 0.274 e. The molecule has 6 nitrogen and oxygen atoms in total. The van der Waals surface area contributed by atoms with Crippen molar-refractivity contribution in [1.29, 1.82) is 0 Å². The van der Waals surface area contributed by atoms with Crippen molar-refractivity contribution in [3.8, 4) is 0 Å². The molecule has 2 aromatic carbocycles. The van der Waals surface area contributed by atoms with Gasteiger partial charge in [-0.3, -0.25) is 9.59 Å². The van der Waals surface area contributed by atoms with Crippen molar-refractivity contribution in [2.75, 3.05) is 16.0 Å². The third-order valence-electron chi connectivity index (χ3n) is 3.80. The SMILES string of the molecule is CC(=O)Nc1ccc(Nc2ccc(C(=O)Nc3ccc(C)cc3)nc2)cc1. The number of nitrogens with zero attached hydrogens (tertiary/aromatic N) is 1. The van der Waals surface area contributed by atoms with Crippen LogP contribution in [0, 0.1) is 6.92 Å². The lowest BCUT2D eigenvalue weighted by Crippen LogP contribution is -2.13. The molecule has 0 saturated carbocycles. The Balaban J connectivity index is 1.61. The number of carbonyl (C=O) groups excluding carboxylic acids is 2. The zero-order valence-corrected chi connectivity index (χ0v) is 15.1. The van der Waals surface area contributed by atoms with Gasteiger partial charge in [-0.15, -0.1) is 0 Å². The first-order chi connectivity index (χ1) is 13.0. The number of anilines is 4. The van der Waals surface area contributed by atoms with E-state index in [1.54, 1.807) is 30.5 Å². The van der Waals surface area contributed by atoms with Crippen LogP contribution in [0.3, 0.4) is 0 Å². The summed E-state index contributed by atoms with van der Waals surface area (Å²) in [5, 5.41) is 8.73. The number of hydrogen-bond acceptors (Lipinski definition) is 4. The number of rotatable bonds is 5. The van der Waals surface area contributed by atoms with Gasteiger partial charge >= 0.3 is 0 Å². The van der Waals surface area contributed by atoms with Gasteiger partial charge in [-0.05, 0) is 55.5 Å². The van der Waals surface area contributed by atoms with E-state index >= 15 is 0 Å². The van der Waals surface area contributed by atoms with Crippen LogP contribution >= 0.6 is 0 Å². The van der Waals surface area contributed by atoms with Crippen LogP contribution in [0.2, 0.25) is 0 Å². The predicted octanol–water partition coefficient (Wildman–Crippen LogP) is 4.34. The molecule has 3 rings (SSSR count). The molecule has 0 fully saturated rings. The molecular weight excluding hydrogens is 340 g/mol. The molecule has 136 valence electrons. The molecule has 2 amide bonds. The van der Waals surface area contributed by atoms with Gasteiger partial charge in [0, 0.05) is 24.0 Å². The smallest absolute Gasteiger partial charge is 0.274 e. The first-order valence-electron chi connectivity index (χ1n) is 8.48. The fraction of sp³-hybridized carbons (Fsp3) is 0.0952. The molecule has 6 heteroatoms. The molecule has 3 N–H and O–H groups in total. The second-order valence-corrected chi connectivity index (χ2v) is 6.14. The number of hydrogen-bond donors (Lipinski definition) is 3. The Hall–Kier alpha value is -3.67. The second kappa shape index (κ2) is 8.14. The molecule has 27 heavy (non-hydrogen) atoms. The minimum atomic E-state index is -0.259. The second-order valence-electron chi connectivity index (χ2n) is 6.14. The zero-order valence-electron chi connectivity index (χ0n) is 15.1. The average Bonchev–Trinajstić information content (AvgIpc) is 2.65. The molecule has 0 bridgehead atoms. The molecule has 1 heterocycles. The van der Waals surface area contributed by atoms with Gasteiger partial charge in [-0.2, -0.15) is 0 Å². The topological polar surface area (TPSA) is 83.1 Å². The molecule has 1 aromatic heterocycles. The van der Waals surface area contributed by atoms with Crippen molar-refractivity contribution >= 4 is 34.6 Å². The van der Waals surface area contributed by atoms with E-state index in [-0.39, 0.29) is 11.8 Å². The summed E-state index contributed by atoms with van der Waals surface area (Å²) < 4.78 is 0. The van der Waals surface area contributed by atoms with Crippen LogP contribution in [0.15, 0.2) is 66.9 Å². The minimum absolute atomic E-state index is 0.112. The summed E-state index contributed by atoms with van der Waals surface area (Å²) in [6.45, 7) is 3.46. The number of nitrogens with one attached hydrogen (secondary N) is 3. The highest BCUT2D eigenvalue weighted by Crippen LogP contribution is 2.19. The van der Waals surface area contributed by atoms with E-state index in [2.05, 4.69) is 20.9 Å². The van der Waals surface area contributed by atoms with Gasteiger partial charge in [0.05, 0.1) is 11.9 Å². The van der Waals surface area contributed by atoms with Crippen LogP contribution in [-0.2, 0) is 4.79 Å². The zero-order chi connectivity index (χ0) is 19.2.